The fourth-order valence-electron chi connectivity index (χ4n) is 1.26. The largest absolute Gasteiger partial charge is 0.504 e. The zero-order valence-electron chi connectivity index (χ0n) is 9.58. The molecule has 0 saturated heterocycles. The van der Waals surface area contributed by atoms with Crippen molar-refractivity contribution < 1.29 is 9.90 Å². The van der Waals surface area contributed by atoms with E-state index < -0.39 is 0 Å². The average Bonchev–Trinajstić information content (AvgIpc) is 2.24. The maximum absolute atomic E-state index is 11.5. The van der Waals surface area contributed by atoms with Crippen molar-refractivity contribution in [1.82, 2.24) is 10.3 Å². The molecule has 5 heteroatoms. The Morgan fingerprint density at radius 3 is 2.94 bits per heavy atom. The van der Waals surface area contributed by atoms with Crippen LogP contribution in [0.25, 0.3) is 0 Å². The van der Waals surface area contributed by atoms with Gasteiger partial charge in [0.15, 0.2) is 11.6 Å². The lowest BCUT2D eigenvalue weighted by molar-refractivity contribution is -0.116. The predicted molar refractivity (Wildman–Crippen MR) is 62.4 cm³/mol. The summed E-state index contributed by atoms with van der Waals surface area (Å²) < 4.78 is 0. The molecule has 0 atom stereocenters. The van der Waals surface area contributed by atoms with E-state index in [-0.39, 0.29) is 17.5 Å². The molecule has 16 heavy (non-hydrogen) atoms. The number of amides is 1. The van der Waals surface area contributed by atoms with Gasteiger partial charge in [-0.3, -0.25) is 4.79 Å². The molecule has 0 aliphatic heterocycles. The smallest absolute Gasteiger partial charge is 0.225 e. The lowest BCUT2D eigenvalue weighted by Gasteiger charge is -2.06. The second-order valence-corrected chi connectivity index (χ2v) is 3.58. The van der Waals surface area contributed by atoms with Crippen molar-refractivity contribution in [3.05, 3.63) is 17.8 Å². The topological polar surface area (TPSA) is 74.2 Å². The van der Waals surface area contributed by atoms with Gasteiger partial charge in [-0.1, -0.05) is 0 Å². The number of aromatic nitrogens is 1. The summed E-state index contributed by atoms with van der Waals surface area (Å²) in [6.45, 7) is 2.59. The Bertz CT molecular complexity index is 366. The molecule has 1 aromatic heterocycles. The number of nitrogens with one attached hydrogen (secondary N) is 2. The fraction of sp³-hybridized carbons (Fsp3) is 0.455. The first-order chi connectivity index (χ1) is 7.63. The van der Waals surface area contributed by atoms with Gasteiger partial charge in [0.25, 0.3) is 0 Å². The van der Waals surface area contributed by atoms with Crippen LogP contribution in [0.4, 0.5) is 5.82 Å². The highest BCUT2D eigenvalue weighted by Gasteiger charge is 2.07. The van der Waals surface area contributed by atoms with E-state index in [0.717, 1.165) is 18.7 Å². The van der Waals surface area contributed by atoms with Gasteiger partial charge < -0.3 is 15.7 Å². The van der Waals surface area contributed by atoms with Crippen molar-refractivity contribution in [3.63, 3.8) is 0 Å². The number of hydrogen-bond acceptors (Lipinski definition) is 4. The molecule has 0 saturated carbocycles. The zero-order valence-corrected chi connectivity index (χ0v) is 9.58. The molecule has 0 spiro atoms. The third-order valence-electron chi connectivity index (χ3n) is 2.10. The number of carbonyl (C=O) groups excluding carboxylic acids is 1. The normalized spacial score (nSPS) is 10.1. The molecule has 0 aliphatic rings. The minimum absolute atomic E-state index is 0.00688. The van der Waals surface area contributed by atoms with E-state index >= 15 is 0 Å². The van der Waals surface area contributed by atoms with Crippen LogP contribution in [0.5, 0.6) is 5.75 Å². The van der Waals surface area contributed by atoms with Crippen molar-refractivity contribution in [2.24, 2.45) is 0 Å². The summed E-state index contributed by atoms with van der Waals surface area (Å²) in [7, 11) is 1.84. The molecule has 5 nitrogen and oxygen atoms in total. The highest BCUT2D eigenvalue weighted by atomic mass is 16.3. The second-order valence-electron chi connectivity index (χ2n) is 3.58. The van der Waals surface area contributed by atoms with Crippen LogP contribution >= 0.6 is 0 Å². The highest BCUT2D eigenvalue weighted by Crippen LogP contribution is 2.20. The molecule has 1 aromatic rings. The predicted octanol–water partition coefficient (Wildman–Crippen LogP) is 1.03. The Kier molecular flexibility index (Phi) is 4.72. The first-order valence-corrected chi connectivity index (χ1v) is 5.24. The third-order valence-corrected chi connectivity index (χ3v) is 2.10. The van der Waals surface area contributed by atoms with E-state index in [2.05, 4.69) is 15.6 Å². The van der Waals surface area contributed by atoms with Gasteiger partial charge in [0.05, 0.1) is 0 Å². The van der Waals surface area contributed by atoms with Crippen molar-refractivity contribution >= 4 is 11.7 Å². The number of aryl methyl sites for hydroxylation is 1. The van der Waals surface area contributed by atoms with Crippen LogP contribution in [-0.2, 0) is 4.79 Å². The Labute approximate surface area is 94.9 Å². The van der Waals surface area contributed by atoms with Crippen LogP contribution in [-0.4, -0.2) is 29.6 Å². The summed E-state index contributed by atoms with van der Waals surface area (Å²) >= 11 is 0. The van der Waals surface area contributed by atoms with E-state index in [4.69, 9.17) is 0 Å². The second kappa shape index (κ2) is 6.07. The minimum atomic E-state index is -0.136. The lowest BCUT2D eigenvalue weighted by atomic mass is 10.3. The Hall–Kier alpha value is -1.62. The molecular weight excluding hydrogens is 206 g/mol. The van der Waals surface area contributed by atoms with E-state index in [0.29, 0.717) is 6.42 Å². The molecule has 3 N–H and O–H groups in total. The van der Waals surface area contributed by atoms with E-state index in [9.17, 15) is 9.90 Å². The van der Waals surface area contributed by atoms with Crippen LogP contribution < -0.4 is 10.6 Å². The van der Waals surface area contributed by atoms with Crippen LogP contribution in [0.2, 0.25) is 0 Å². The Morgan fingerprint density at radius 2 is 2.25 bits per heavy atom. The lowest BCUT2D eigenvalue weighted by Crippen LogP contribution is -2.16. The van der Waals surface area contributed by atoms with Crippen LogP contribution in [0, 0.1) is 6.92 Å². The fourth-order valence-corrected chi connectivity index (χ4v) is 1.26. The van der Waals surface area contributed by atoms with Crippen molar-refractivity contribution in [3.8, 4) is 5.75 Å². The molecule has 88 valence electrons. The molecule has 0 bridgehead atoms. The van der Waals surface area contributed by atoms with Crippen molar-refractivity contribution in [2.75, 3.05) is 18.9 Å². The first kappa shape index (κ1) is 12.4. The molecule has 0 aliphatic carbocycles. The molecule has 1 amide bonds. The van der Waals surface area contributed by atoms with Crippen LogP contribution in [0.3, 0.4) is 0 Å². The van der Waals surface area contributed by atoms with E-state index in [1.54, 1.807) is 13.0 Å². The van der Waals surface area contributed by atoms with Crippen LogP contribution in [0.1, 0.15) is 18.5 Å². The van der Waals surface area contributed by atoms with Gasteiger partial charge in [-0.25, -0.2) is 4.98 Å². The number of hydrogen-bond donors (Lipinski definition) is 3. The molecule has 0 unspecified atom stereocenters. The number of rotatable bonds is 5. The summed E-state index contributed by atoms with van der Waals surface area (Å²) in [4.78, 5) is 15.5. The standard InChI is InChI=1S/C11H17N3O2/c1-8-5-6-9(15)11(13-8)14-10(16)4-3-7-12-2/h5-6,12,15H,3-4,7H2,1-2H3,(H,13,14,16). The zero-order chi connectivity index (χ0) is 12.0. The number of pyridine rings is 1. The Balaban J connectivity index is 2.52. The van der Waals surface area contributed by atoms with Gasteiger partial charge in [0.2, 0.25) is 5.91 Å². The third kappa shape index (κ3) is 3.86. The number of anilines is 1. The minimum Gasteiger partial charge on any atom is -0.504 e. The number of aromatic hydroxyl groups is 1. The average molecular weight is 223 g/mol. The van der Waals surface area contributed by atoms with Crippen molar-refractivity contribution in [2.45, 2.75) is 19.8 Å². The number of nitrogens with zero attached hydrogens (tertiary/aromatic N) is 1. The molecule has 0 radical (unpaired) electrons. The van der Waals surface area contributed by atoms with Gasteiger partial charge in [-0.05, 0) is 39.1 Å². The van der Waals surface area contributed by atoms with Gasteiger partial charge in [-0.15, -0.1) is 0 Å². The quantitative estimate of drug-likeness (QED) is 0.652. The monoisotopic (exact) mass is 223 g/mol. The molecule has 1 heterocycles. The highest BCUT2D eigenvalue weighted by molar-refractivity contribution is 5.90. The molecule has 0 fully saturated rings. The first-order valence-electron chi connectivity index (χ1n) is 5.24. The molecular formula is C11H17N3O2. The summed E-state index contributed by atoms with van der Waals surface area (Å²) in [6.07, 6.45) is 1.17. The van der Waals surface area contributed by atoms with E-state index in [1.807, 2.05) is 7.05 Å². The summed E-state index contributed by atoms with van der Waals surface area (Å²) in [6, 6.07) is 3.21. The van der Waals surface area contributed by atoms with Gasteiger partial charge in [-0.2, -0.15) is 0 Å². The molecule has 0 aromatic carbocycles. The maximum atomic E-state index is 11.5. The number of carbonyl (C=O) groups is 1. The maximum Gasteiger partial charge on any atom is 0.225 e. The summed E-state index contributed by atoms with van der Waals surface area (Å²) in [5.41, 5.74) is 0.753. The van der Waals surface area contributed by atoms with Crippen LogP contribution in [0.15, 0.2) is 12.1 Å². The van der Waals surface area contributed by atoms with Crippen molar-refractivity contribution in [1.29, 1.82) is 0 Å². The van der Waals surface area contributed by atoms with Gasteiger partial charge >= 0.3 is 0 Å². The van der Waals surface area contributed by atoms with Gasteiger partial charge in [0, 0.05) is 12.1 Å². The Morgan fingerprint density at radius 1 is 1.50 bits per heavy atom. The molecule has 1 rings (SSSR count). The SMILES string of the molecule is CNCCCC(=O)Nc1nc(C)ccc1O. The summed E-state index contributed by atoms with van der Waals surface area (Å²) in [5.74, 6) is 0.0886. The summed E-state index contributed by atoms with van der Waals surface area (Å²) in [5, 5.41) is 15.0. The van der Waals surface area contributed by atoms with E-state index in [1.165, 1.54) is 6.07 Å². The van der Waals surface area contributed by atoms with Gasteiger partial charge in [0.1, 0.15) is 0 Å².